The van der Waals surface area contributed by atoms with E-state index in [9.17, 15) is 13.2 Å². The van der Waals surface area contributed by atoms with Gasteiger partial charge in [0, 0.05) is 45.4 Å². The Morgan fingerprint density at radius 1 is 1.06 bits per heavy atom. The first-order chi connectivity index (χ1) is 21.9. The smallest absolute Gasteiger partial charge is 0.259 e. The number of sulfonamides is 1. The molecular weight excluding hydrogens is 464 g/mol. The largest absolute Gasteiger partial charge is 0.372 e. The topological polar surface area (TPSA) is 101 Å². The van der Waals surface area contributed by atoms with Crippen LogP contribution >= 0.6 is 0 Å². The highest BCUT2D eigenvalue weighted by Gasteiger charge is 2.17. The van der Waals surface area contributed by atoms with E-state index in [1.807, 2.05) is 0 Å². The maximum atomic E-state index is 12.1. The third-order valence-corrected chi connectivity index (χ3v) is 4.91. The number of carbonyl (C=O) groups excluding carboxylic acids is 1. The van der Waals surface area contributed by atoms with Crippen LogP contribution in [-0.4, -0.2) is 56.2 Å². The summed E-state index contributed by atoms with van der Waals surface area (Å²) in [4.78, 5) is 21.6. The van der Waals surface area contributed by atoms with Crippen LogP contribution in [0, 0.1) is 0 Å². The van der Waals surface area contributed by atoms with Gasteiger partial charge in [0.05, 0.1) is 26.5 Å². The van der Waals surface area contributed by atoms with Gasteiger partial charge in [0.15, 0.2) is 0 Å². The summed E-state index contributed by atoms with van der Waals surface area (Å²) in [5.74, 6) is -2.38. The van der Waals surface area contributed by atoms with Crippen LogP contribution in [0.5, 0.6) is 0 Å². The second-order valence-corrected chi connectivity index (χ2v) is 8.29. The lowest BCUT2D eigenvalue weighted by Crippen LogP contribution is -2.33. The first kappa shape index (κ1) is 13.7. The van der Waals surface area contributed by atoms with Crippen LogP contribution in [0.4, 0.5) is 5.82 Å². The molecule has 8 nitrogen and oxygen atoms in total. The van der Waals surface area contributed by atoms with Gasteiger partial charge in [-0.3, -0.25) is 14.5 Å². The zero-order valence-electron chi connectivity index (χ0n) is 31.4. The molecule has 9 heteroatoms. The number of nitrogens with zero attached hydrogens (tertiary/aromatic N) is 3. The van der Waals surface area contributed by atoms with E-state index < -0.39 is 80.2 Å². The quantitative estimate of drug-likeness (QED) is 0.370. The predicted octanol–water partition coefficient (Wildman–Crippen LogP) is 3.90. The summed E-state index contributed by atoms with van der Waals surface area (Å²) in [7, 11) is -5.26. The lowest BCUT2D eigenvalue weighted by molar-refractivity contribution is -0.123. The van der Waals surface area contributed by atoms with Gasteiger partial charge in [-0.25, -0.2) is 13.4 Å². The van der Waals surface area contributed by atoms with Crippen molar-refractivity contribution in [3.8, 4) is 22.5 Å². The minimum absolute atomic E-state index is 0.199. The number of hydrogen-bond acceptors (Lipinski definition) is 7. The molecule has 3 aromatic rings. The number of benzene rings is 2. The van der Waals surface area contributed by atoms with Crippen molar-refractivity contribution in [1.82, 2.24) is 14.7 Å². The number of aromatic nitrogens is 2. The fourth-order valence-corrected chi connectivity index (χ4v) is 3.29. The Labute approximate surface area is 225 Å². The Morgan fingerprint density at radius 3 is 2.34 bits per heavy atom. The molecule has 0 aliphatic carbocycles. The molecule has 0 bridgehead atoms. The molecule has 0 saturated carbocycles. The molecule has 0 atom stereocenters. The third kappa shape index (κ3) is 8.15. The van der Waals surface area contributed by atoms with Crippen molar-refractivity contribution in [2.45, 2.75) is 32.6 Å². The van der Waals surface area contributed by atoms with E-state index in [4.69, 9.17) is 22.6 Å². The Balaban J connectivity index is 2.01. The molecule has 3 rings (SSSR count). The van der Waals surface area contributed by atoms with Gasteiger partial charge in [-0.1, -0.05) is 60.7 Å². The van der Waals surface area contributed by atoms with Crippen molar-refractivity contribution in [3.05, 3.63) is 66.9 Å². The highest BCUT2D eigenvalue weighted by molar-refractivity contribution is 7.89. The molecule has 0 unspecified atom stereocenters. The summed E-state index contributed by atoms with van der Waals surface area (Å²) in [6.07, 6.45) is -3.79. The minimum atomic E-state index is -5.26. The molecule has 186 valence electrons. The fourth-order valence-electron chi connectivity index (χ4n) is 3.01. The Kier molecular flexibility index (Phi) is 4.86. The highest BCUT2D eigenvalue weighted by atomic mass is 32.2. The molecule has 0 aliphatic rings. The number of anilines is 1. The van der Waals surface area contributed by atoms with Gasteiger partial charge in [-0.15, -0.1) is 0 Å². The second kappa shape index (κ2) is 12.4. The summed E-state index contributed by atoms with van der Waals surface area (Å²) in [6.45, 7) is -13.5. The first-order valence-corrected chi connectivity index (χ1v) is 11.8. The van der Waals surface area contributed by atoms with Crippen molar-refractivity contribution in [3.63, 3.8) is 0 Å². The fraction of sp³-hybridized carbons (Fsp3) is 0.346. The molecular formula is C26H32N4O4S. The Hall–Kier alpha value is -3.30. The van der Waals surface area contributed by atoms with Crippen LogP contribution in [-0.2, 0) is 19.6 Å². The first-order valence-electron chi connectivity index (χ1n) is 16.9. The van der Waals surface area contributed by atoms with E-state index in [1.54, 1.807) is 60.7 Å². The van der Waals surface area contributed by atoms with E-state index in [2.05, 4.69) is 9.97 Å². The lowest BCUT2D eigenvalue weighted by atomic mass is 10.0. The summed E-state index contributed by atoms with van der Waals surface area (Å²) >= 11 is 0. The molecule has 2 aromatic carbocycles. The average Bonchev–Trinajstić information content (AvgIpc) is 2.96. The van der Waals surface area contributed by atoms with Crippen molar-refractivity contribution < 1.29 is 35.8 Å². The van der Waals surface area contributed by atoms with Gasteiger partial charge < -0.3 is 9.64 Å². The second-order valence-electron chi connectivity index (χ2n) is 7.08. The van der Waals surface area contributed by atoms with Crippen molar-refractivity contribution in [1.29, 1.82) is 0 Å². The van der Waals surface area contributed by atoms with Gasteiger partial charge >= 0.3 is 0 Å². The SMILES string of the molecule is [2H]C([2H])(OCCCC([2H])([2H])N(c1cnc(-c2ccccc2)c(-c2ccccc2)n1)C(C([2H])([2H])[2H])C([2H])([2H])[2H])C(=O)NS(=O)(=O)C([2H])([2H])[2H]. The molecule has 1 heterocycles. The van der Waals surface area contributed by atoms with Crippen LogP contribution in [0.2, 0.25) is 0 Å². The lowest BCUT2D eigenvalue weighted by Gasteiger charge is -2.28. The summed E-state index contributed by atoms with van der Waals surface area (Å²) < 4.78 is 132. The van der Waals surface area contributed by atoms with E-state index in [1.165, 1.54) is 0 Å². The average molecular weight is 510 g/mol. The van der Waals surface area contributed by atoms with Crippen molar-refractivity contribution in [2.75, 3.05) is 30.7 Å². The standard InChI is InChI=1S/C26H32N4O4S/c1-20(2)30(16-10-11-17-34-19-24(31)29-35(3,32)33)23-18-27-25(21-12-6-4-7-13-21)26(28-23)22-14-8-5-9-15-22/h4-9,12-15,18,20H,10-11,16-17,19H2,1-3H3,(H,29,31)/i1D3,2D3,3D3,16D2,19D2. The molecule has 0 saturated heterocycles. The van der Waals surface area contributed by atoms with Crippen LogP contribution < -0.4 is 9.62 Å². The Bertz CT molecular complexity index is 1650. The number of amides is 1. The summed E-state index contributed by atoms with van der Waals surface area (Å²) in [5.41, 5.74) is 1.68. The minimum Gasteiger partial charge on any atom is -0.372 e. The van der Waals surface area contributed by atoms with E-state index >= 15 is 0 Å². The van der Waals surface area contributed by atoms with Gasteiger partial charge in [-0.2, -0.15) is 0 Å². The maximum Gasteiger partial charge on any atom is 0.259 e. The van der Waals surface area contributed by atoms with Crippen LogP contribution in [0.15, 0.2) is 66.9 Å². The van der Waals surface area contributed by atoms with Gasteiger partial charge in [-0.05, 0) is 26.5 Å². The molecule has 1 amide bonds. The number of hydrogen-bond donors (Lipinski definition) is 1. The molecule has 0 radical (unpaired) electrons. The van der Waals surface area contributed by atoms with Crippen molar-refractivity contribution >= 4 is 21.7 Å². The zero-order chi connectivity index (χ0) is 36.3. The number of nitrogens with one attached hydrogen (secondary N) is 1. The maximum absolute atomic E-state index is 12.1. The molecule has 1 aromatic heterocycles. The number of rotatable bonds is 12. The monoisotopic (exact) mass is 509 g/mol. The molecule has 1 N–H and O–H groups in total. The van der Waals surface area contributed by atoms with Gasteiger partial charge in [0.25, 0.3) is 5.91 Å². The Morgan fingerprint density at radius 2 is 1.71 bits per heavy atom. The zero-order valence-corrected chi connectivity index (χ0v) is 19.2. The third-order valence-electron chi connectivity index (χ3n) is 4.46. The molecule has 0 fully saturated rings. The van der Waals surface area contributed by atoms with Gasteiger partial charge in [0.2, 0.25) is 10.0 Å². The predicted molar refractivity (Wildman–Crippen MR) is 138 cm³/mol. The summed E-state index contributed by atoms with van der Waals surface area (Å²) in [6, 6.07) is 14.9. The van der Waals surface area contributed by atoms with Crippen LogP contribution in [0.3, 0.4) is 0 Å². The van der Waals surface area contributed by atoms with Gasteiger partial charge in [0.1, 0.15) is 12.4 Å². The van der Waals surface area contributed by atoms with E-state index in [-0.39, 0.29) is 5.69 Å². The van der Waals surface area contributed by atoms with E-state index in [0.717, 1.165) is 10.9 Å². The molecule has 35 heavy (non-hydrogen) atoms. The normalized spacial score (nSPS) is 18.8. The van der Waals surface area contributed by atoms with Crippen LogP contribution in [0.1, 0.15) is 44.4 Å². The number of ether oxygens (including phenoxy) is 1. The van der Waals surface area contributed by atoms with E-state index in [0.29, 0.717) is 21.7 Å². The highest BCUT2D eigenvalue weighted by Crippen LogP contribution is 2.30. The summed E-state index contributed by atoms with van der Waals surface area (Å²) in [5, 5.41) is 0. The number of carbonyl (C=O) groups is 1. The molecule has 0 aliphatic heterocycles. The van der Waals surface area contributed by atoms with Crippen molar-refractivity contribution in [2.24, 2.45) is 0 Å². The molecule has 0 spiro atoms. The van der Waals surface area contributed by atoms with Crippen LogP contribution in [0.25, 0.3) is 22.5 Å².